The van der Waals surface area contributed by atoms with E-state index in [-0.39, 0.29) is 17.7 Å². The molecule has 0 fully saturated rings. The zero-order valence-electron chi connectivity index (χ0n) is 14.2. The first-order valence-electron chi connectivity index (χ1n) is 8.64. The molecule has 24 heavy (non-hydrogen) atoms. The van der Waals surface area contributed by atoms with Gasteiger partial charge in [-0.15, -0.1) is 0 Å². The summed E-state index contributed by atoms with van der Waals surface area (Å²) in [4.78, 5) is 28.2. The average molecular weight is 325 g/mol. The third-order valence-electron chi connectivity index (χ3n) is 4.59. The van der Waals surface area contributed by atoms with Crippen LogP contribution >= 0.6 is 0 Å². The van der Waals surface area contributed by atoms with E-state index in [1.165, 1.54) is 5.56 Å². The largest absolute Gasteiger partial charge is 0.461 e. The quantitative estimate of drug-likeness (QED) is 0.844. The van der Waals surface area contributed by atoms with Crippen LogP contribution in [0, 0.1) is 0 Å². The van der Waals surface area contributed by atoms with Gasteiger partial charge in [0, 0.05) is 17.7 Å². The van der Waals surface area contributed by atoms with Crippen molar-refractivity contribution in [2.45, 2.75) is 45.4 Å². The number of carbonyl (C=O) groups is 2. The second kappa shape index (κ2) is 7.04. The third kappa shape index (κ3) is 3.01. The fourth-order valence-corrected chi connectivity index (χ4v) is 3.57. The number of fused-ring (bicyclic) bond motifs is 1. The summed E-state index contributed by atoms with van der Waals surface area (Å²) in [6, 6.07) is 10.1. The molecule has 1 atom stereocenters. The molecule has 0 saturated carbocycles. The number of Topliss-reactive ketones (excluding diaryl/α,β-unsaturated/α-hetero) is 1. The number of esters is 1. The number of benzene rings is 1. The van der Waals surface area contributed by atoms with Gasteiger partial charge in [0.2, 0.25) is 0 Å². The number of hydrogen-bond donors (Lipinski definition) is 1. The summed E-state index contributed by atoms with van der Waals surface area (Å²) >= 11 is 0. The van der Waals surface area contributed by atoms with Gasteiger partial charge in [-0.25, -0.2) is 4.79 Å². The molecule has 4 nitrogen and oxygen atoms in total. The van der Waals surface area contributed by atoms with Crippen LogP contribution in [0.5, 0.6) is 0 Å². The lowest BCUT2D eigenvalue weighted by Gasteiger charge is -2.22. The van der Waals surface area contributed by atoms with E-state index in [9.17, 15) is 9.59 Å². The minimum absolute atomic E-state index is 0.125. The smallest absolute Gasteiger partial charge is 0.355 e. The van der Waals surface area contributed by atoms with Crippen LogP contribution in [0.2, 0.25) is 0 Å². The van der Waals surface area contributed by atoms with Crippen LogP contribution in [0.4, 0.5) is 0 Å². The summed E-state index contributed by atoms with van der Waals surface area (Å²) in [5, 5.41) is 0. The van der Waals surface area contributed by atoms with Crippen LogP contribution in [0.3, 0.4) is 0 Å². The second-order valence-electron chi connectivity index (χ2n) is 6.24. The number of ether oxygens (including phenoxy) is 1. The Kier molecular flexibility index (Phi) is 4.84. The summed E-state index contributed by atoms with van der Waals surface area (Å²) in [6.07, 6.45) is 2.84. The lowest BCUT2D eigenvalue weighted by Crippen LogP contribution is -2.19. The van der Waals surface area contributed by atoms with Gasteiger partial charge in [-0.05, 0) is 36.8 Å². The van der Waals surface area contributed by atoms with E-state index in [1.807, 2.05) is 18.2 Å². The van der Waals surface area contributed by atoms with E-state index in [1.54, 1.807) is 6.92 Å². The molecule has 0 saturated heterocycles. The number of aromatic nitrogens is 1. The zero-order chi connectivity index (χ0) is 17.1. The lowest BCUT2D eigenvalue weighted by atomic mass is 9.81. The molecule has 0 amide bonds. The van der Waals surface area contributed by atoms with Crippen LogP contribution in [-0.2, 0) is 17.6 Å². The second-order valence-corrected chi connectivity index (χ2v) is 6.24. The Hall–Kier alpha value is -2.36. The molecule has 3 rings (SSSR count). The van der Waals surface area contributed by atoms with Gasteiger partial charge in [0.1, 0.15) is 5.69 Å². The Labute approximate surface area is 142 Å². The van der Waals surface area contributed by atoms with E-state index in [0.29, 0.717) is 25.1 Å². The average Bonchev–Trinajstić information content (AvgIpc) is 2.95. The van der Waals surface area contributed by atoms with Crippen molar-refractivity contribution in [3.63, 3.8) is 0 Å². The van der Waals surface area contributed by atoms with Crippen LogP contribution in [0.25, 0.3) is 0 Å². The number of ketones is 1. The predicted octanol–water partition coefficient (Wildman–Crippen LogP) is 4.06. The molecule has 2 aromatic rings. The number of carbonyl (C=O) groups excluding carboxylic acids is 2. The monoisotopic (exact) mass is 325 g/mol. The molecular formula is C20H23NO3. The van der Waals surface area contributed by atoms with E-state index in [2.05, 4.69) is 24.0 Å². The van der Waals surface area contributed by atoms with Gasteiger partial charge >= 0.3 is 5.97 Å². The highest BCUT2D eigenvalue weighted by atomic mass is 16.5. The van der Waals surface area contributed by atoms with Crippen LogP contribution in [0.15, 0.2) is 30.3 Å². The number of H-pyrrole nitrogens is 1. The standard InChI is InChI=1S/C20H23NO3/c1-3-8-15-18-16(21-19(15)20(23)24-4-2)11-14(12-17(18)22)13-9-6-5-7-10-13/h5-7,9-10,14,21H,3-4,8,11-12H2,1-2H3/t14-/m1/s1. The SMILES string of the molecule is CCCc1c(C(=O)OCC)[nH]c2c1C(=O)C[C@H](c1ccccc1)C2. The minimum atomic E-state index is -0.362. The Morgan fingerprint density at radius 3 is 2.62 bits per heavy atom. The highest BCUT2D eigenvalue weighted by molar-refractivity contribution is 6.03. The molecule has 1 aromatic heterocycles. The minimum Gasteiger partial charge on any atom is -0.461 e. The molecule has 0 aliphatic heterocycles. The molecule has 1 aliphatic rings. The topological polar surface area (TPSA) is 59.2 Å². The number of rotatable bonds is 5. The Balaban J connectivity index is 1.99. The van der Waals surface area contributed by atoms with Gasteiger partial charge in [0.15, 0.2) is 5.78 Å². The van der Waals surface area contributed by atoms with Gasteiger partial charge in [0.25, 0.3) is 0 Å². The van der Waals surface area contributed by atoms with Crippen LogP contribution in [-0.4, -0.2) is 23.3 Å². The van der Waals surface area contributed by atoms with Crippen molar-refractivity contribution in [1.82, 2.24) is 4.98 Å². The molecule has 1 heterocycles. The van der Waals surface area contributed by atoms with Crippen molar-refractivity contribution < 1.29 is 14.3 Å². The summed E-state index contributed by atoms with van der Waals surface area (Å²) in [5.74, 6) is -0.0749. The summed E-state index contributed by atoms with van der Waals surface area (Å²) in [6.45, 7) is 4.17. The first-order valence-corrected chi connectivity index (χ1v) is 8.64. The van der Waals surface area contributed by atoms with Gasteiger partial charge in [-0.2, -0.15) is 0 Å². The van der Waals surface area contributed by atoms with Crippen molar-refractivity contribution in [1.29, 1.82) is 0 Å². The molecule has 4 heteroatoms. The number of aromatic amines is 1. The normalized spacial score (nSPS) is 16.8. The predicted molar refractivity (Wildman–Crippen MR) is 92.6 cm³/mol. The molecule has 1 aliphatic carbocycles. The van der Waals surface area contributed by atoms with Crippen LogP contribution < -0.4 is 0 Å². The van der Waals surface area contributed by atoms with Gasteiger partial charge in [-0.3, -0.25) is 4.79 Å². The maximum absolute atomic E-state index is 12.8. The highest BCUT2D eigenvalue weighted by Gasteiger charge is 2.33. The van der Waals surface area contributed by atoms with Crippen molar-refractivity contribution in [3.8, 4) is 0 Å². The van der Waals surface area contributed by atoms with Gasteiger partial charge in [-0.1, -0.05) is 43.7 Å². The molecule has 0 spiro atoms. The molecule has 0 unspecified atom stereocenters. The lowest BCUT2D eigenvalue weighted by molar-refractivity contribution is 0.0518. The molecule has 1 aromatic carbocycles. The first kappa shape index (κ1) is 16.5. The van der Waals surface area contributed by atoms with Gasteiger partial charge < -0.3 is 9.72 Å². The third-order valence-corrected chi connectivity index (χ3v) is 4.59. The van der Waals surface area contributed by atoms with Gasteiger partial charge in [0.05, 0.1) is 6.61 Å². The zero-order valence-corrected chi connectivity index (χ0v) is 14.2. The van der Waals surface area contributed by atoms with Crippen molar-refractivity contribution in [2.24, 2.45) is 0 Å². The fourth-order valence-electron chi connectivity index (χ4n) is 3.57. The van der Waals surface area contributed by atoms with E-state index in [4.69, 9.17) is 4.74 Å². The number of hydrogen-bond acceptors (Lipinski definition) is 3. The Bertz CT molecular complexity index is 746. The first-order chi connectivity index (χ1) is 11.7. The summed E-state index contributed by atoms with van der Waals surface area (Å²) in [7, 11) is 0. The maximum Gasteiger partial charge on any atom is 0.355 e. The molecule has 0 bridgehead atoms. The Morgan fingerprint density at radius 2 is 1.96 bits per heavy atom. The van der Waals surface area contributed by atoms with Crippen molar-refractivity contribution in [2.75, 3.05) is 6.61 Å². The Morgan fingerprint density at radius 1 is 1.21 bits per heavy atom. The van der Waals surface area contributed by atoms with Crippen molar-refractivity contribution >= 4 is 11.8 Å². The van der Waals surface area contributed by atoms with Crippen LogP contribution in [0.1, 0.15) is 70.3 Å². The summed E-state index contributed by atoms with van der Waals surface area (Å²) in [5.41, 5.74) is 4.08. The number of nitrogens with one attached hydrogen (secondary N) is 1. The van der Waals surface area contributed by atoms with E-state index in [0.717, 1.165) is 29.7 Å². The van der Waals surface area contributed by atoms with E-state index < -0.39 is 0 Å². The molecule has 126 valence electrons. The van der Waals surface area contributed by atoms with E-state index >= 15 is 0 Å². The molecular weight excluding hydrogens is 302 g/mol. The maximum atomic E-state index is 12.8. The summed E-state index contributed by atoms with van der Waals surface area (Å²) < 4.78 is 5.16. The van der Waals surface area contributed by atoms with Crippen molar-refractivity contribution in [3.05, 3.63) is 58.4 Å². The highest BCUT2D eigenvalue weighted by Crippen LogP contribution is 2.35. The molecule has 1 N–H and O–H groups in total. The fraction of sp³-hybridized carbons (Fsp3) is 0.400. The molecule has 0 radical (unpaired) electrons.